The van der Waals surface area contributed by atoms with Crippen molar-refractivity contribution in [1.82, 2.24) is 9.29 Å². The van der Waals surface area contributed by atoms with Crippen molar-refractivity contribution >= 4 is 77.2 Å². The van der Waals surface area contributed by atoms with Crippen LogP contribution in [0, 0.1) is 0 Å². The van der Waals surface area contributed by atoms with E-state index in [9.17, 15) is 13.2 Å². The van der Waals surface area contributed by atoms with Gasteiger partial charge in [0.05, 0.1) is 14.6 Å². The first kappa shape index (κ1) is 19.1. The number of nitrogens with zero attached hydrogens (tertiary/aromatic N) is 2. The number of nitrogens with one attached hydrogen (secondary N) is 1. The lowest BCUT2D eigenvalue weighted by atomic mass is 10.2. The molecule has 1 saturated heterocycles. The molecule has 0 radical (unpaired) electrons. The van der Waals surface area contributed by atoms with Gasteiger partial charge < -0.3 is 5.32 Å². The molecule has 1 aromatic carbocycles. The van der Waals surface area contributed by atoms with Gasteiger partial charge in [-0.25, -0.2) is 13.4 Å². The summed E-state index contributed by atoms with van der Waals surface area (Å²) in [4.78, 5) is 17.1. The molecule has 1 aliphatic heterocycles. The van der Waals surface area contributed by atoms with Crippen LogP contribution in [0.2, 0.25) is 9.36 Å². The van der Waals surface area contributed by atoms with E-state index in [1.54, 1.807) is 18.2 Å². The molecule has 1 atom stereocenters. The highest BCUT2D eigenvalue weighted by molar-refractivity contribution is 7.91. The summed E-state index contributed by atoms with van der Waals surface area (Å²) in [5, 5.41) is 3.75. The topological polar surface area (TPSA) is 79.4 Å². The summed E-state index contributed by atoms with van der Waals surface area (Å²) >= 11 is 14.1. The fourth-order valence-electron chi connectivity index (χ4n) is 2.98. The van der Waals surface area contributed by atoms with E-state index in [0.717, 1.165) is 21.6 Å². The number of rotatable bonds is 4. The van der Waals surface area contributed by atoms with Crippen molar-refractivity contribution in [2.45, 2.75) is 23.1 Å². The fraction of sp³-hybridized carbons (Fsp3) is 0.250. The number of anilines is 1. The molecule has 1 amide bonds. The number of sulfonamides is 1. The minimum absolute atomic E-state index is 0.141. The van der Waals surface area contributed by atoms with E-state index in [-0.39, 0.29) is 10.1 Å². The van der Waals surface area contributed by atoms with E-state index in [4.69, 9.17) is 23.2 Å². The summed E-state index contributed by atoms with van der Waals surface area (Å²) in [6.07, 6.45) is 1.08. The van der Waals surface area contributed by atoms with Crippen LogP contribution >= 0.6 is 45.9 Å². The monoisotopic (exact) mass is 461 g/mol. The third kappa shape index (κ3) is 3.72. The normalized spacial score (nSPS) is 18.2. The predicted octanol–water partition coefficient (Wildman–Crippen LogP) is 4.46. The number of hydrogen-bond donors (Lipinski definition) is 1. The summed E-state index contributed by atoms with van der Waals surface area (Å²) in [6, 6.07) is 7.51. The molecule has 1 fully saturated rings. The first-order chi connectivity index (χ1) is 12.8. The maximum Gasteiger partial charge on any atom is 0.253 e. The Labute approximate surface area is 173 Å². The average molecular weight is 462 g/mol. The Morgan fingerprint density at radius 3 is 2.78 bits per heavy atom. The highest BCUT2D eigenvalue weighted by Gasteiger charge is 2.40. The smallest absolute Gasteiger partial charge is 0.253 e. The van der Waals surface area contributed by atoms with Gasteiger partial charge in [-0.3, -0.25) is 4.79 Å². The Hall–Kier alpha value is -1.23. The molecular weight excluding hydrogens is 449 g/mol. The lowest BCUT2D eigenvalue weighted by Crippen LogP contribution is -2.42. The van der Waals surface area contributed by atoms with Crippen molar-refractivity contribution in [3.05, 3.63) is 39.7 Å². The second-order valence-corrected chi connectivity index (χ2v) is 11.3. The standard InChI is InChI=1S/C16H13Cl2N3O3S3/c17-9-3-4-10-12(8-9)25-16(19-10)20-15(22)11-2-1-7-21(11)27(23,24)14-6-5-13(18)26-14/h3-6,8,11H,1-2,7H2,(H,19,20,22)/t11-/m0/s1. The fourth-order valence-corrected chi connectivity index (χ4v) is 7.40. The third-order valence-electron chi connectivity index (χ3n) is 4.20. The van der Waals surface area contributed by atoms with Crippen LogP contribution in [0.15, 0.2) is 34.5 Å². The number of thiophene rings is 1. The van der Waals surface area contributed by atoms with Crippen LogP contribution < -0.4 is 5.32 Å². The Bertz CT molecular complexity index is 1130. The Morgan fingerprint density at radius 2 is 2.04 bits per heavy atom. The zero-order chi connectivity index (χ0) is 19.2. The second kappa shape index (κ2) is 7.31. The minimum atomic E-state index is -3.76. The van der Waals surface area contributed by atoms with Crippen molar-refractivity contribution in [1.29, 1.82) is 0 Å². The molecule has 4 rings (SSSR count). The molecule has 142 valence electrons. The Kier molecular flexibility index (Phi) is 5.17. The molecule has 2 aromatic heterocycles. The number of hydrogen-bond acceptors (Lipinski definition) is 6. The van der Waals surface area contributed by atoms with Crippen LogP contribution in [-0.2, 0) is 14.8 Å². The van der Waals surface area contributed by atoms with Gasteiger partial charge in [0.1, 0.15) is 10.3 Å². The largest absolute Gasteiger partial charge is 0.301 e. The van der Waals surface area contributed by atoms with Gasteiger partial charge in [-0.1, -0.05) is 34.5 Å². The van der Waals surface area contributed by atoms with Crippen LogP contribution in [0.4, 0.5) is 5.13 Å². The number of benzene rings is 1. The number of thiazole rings is 1. The van der Waals surface area contributed by atoms with Gasteiger partial charge in [-0.2, -0.15) is 4.31 Å². The molecule has 0 aliphatic carbocycles. The predicted molar refractivity (Wildman–Crippen MR) is 110 cm³/mol. The van der Waals surface area contributed by atoms with Crippen LogP contribution in [0.25, 0.3) is 10.2 Å². The Morgan fingerprint density at radius 1 is 1.22 bits per heavy atom. The number of halogens is 2. The lowest BCUT2D eigenvalue weighted by Gasteiger charge is -2.22. The highest BCUT2D eigenvalue weighted by atomic mass is 35.5. The Balaban J connectivity index is 1.56. The molecule has 6 nitrogen and oxygen atoms in total. The van der Waals surface area contributed by atoms with Crippen LogP contribution in [-0.4, -0.2) is 36.2 Å². The van der Waals surface area contributed by atoms with Crippen molar-refractivity contribution in [2.75, 3.05) is 11.9 Å². The van der Waals surface area contributed by atoms with Gasteiger partial charge >= 0.3 is 0 Å². The third-order valence-corrected chi connectivity index (χ3v) is 8.97. The number of carbonyl (C=O) groups is 1. The molecule has 0 unspecified atom stereocenters. The number of aromatic nitrogens is 1. The van der Waals surface area contributed by atoms with E-state index < -0.39 is 16.1 Å². The summed E-state index contributed by atoms with van der Waals surface area (Å²) < 4.78 is 28.4. The maximum atomic E-state index is 12.9. The summed E-state index contributed by atoms with van der Waals surface area (Å²) in [5.74, 6) is -0.385. The van der Waals surface area contributed by atoms with Gasteiger partial charge in [-0.05, 0) is 43.2 Å². The number of fused-ring (bicyclic) bond motifs is 1. The number of carbonyl (C=O) groups excluding carboxylic acids is 1. The quantitative estimate of drug-likeness (QED) is 0.621. The molecule has 0 saturated carbocycles. The van der Waals surface area contributed by atoms with E-state index >= 15 is 0 Å². The van der Waals surface area contributed by atoms with Crippen LogP contribution in [0.1, 0.15) is 12.8 Å². The van der Waals surface area contributed by atoms with Crippen molar-refractivity contribution in [2.24, 2.45) is 0 Å². The summed E-state index contributed by atoms with van der Waals surface area (Å²) in [6.45, 7) is 0.297. The summed E-state index contributed by atoms with van der Waals surface area (Å²) in [7, 11) is -3.76. The zero-order valence-corrected chi connectivity index (χ0v) is 17.6. The first-order valence-corrected chi connectivity index (χ1v) is 11.8. The highest BCUT2D eigenvalue weighted by Crippen LogP contribution is 2.33. The molecule has 11 heteroatoms. The molecule has 0 spiro atoms. The van der Waals surface area contributed by atoms with Gasteiger partial charge in [0.15, 0.2) is 5.13 Å². The molecule has 3 heterocycles. The number of amides is 1. The van der Waals surface area contributed by atoms with Gasteiger partial charge in [0.2, 0.25) is 5.91 Å². The molecule has 27 heavy (non-hydrogen) atoms. The molecular formula is C16H13Cl2N3O3S3. The second-order valence-electron chi connectivity index (χ2n) is 5.95. The van der Waals surface area contributed by atoms with Gasteiger partial charge in [-0.15, -0.1) is 11.3 Å². The van der Waals surface area contributed by atoms with E-state index in [1.807, 2.05) is 0 Å². The van der Waals surface area contributed by atoms with Crippen molar-refractivity contribution in [3.63, 3.8) is 0 Å². The van der Waals surface area contributed by atoms with Gasteiger partial charge in [0.25, 0.3) is 10.0 Å². The lowest BCUT2D eigenvalue weighted by molar-refractivity contribution is -0.119. The molecule has 0 bridgehead atoms. The van der Waals surface area contributed by atoms with Crippen molar-refractivity contribution < 1.29 is 13.2 Å². The van der Waals surface area contributed by atoms with E-state index in [2.05, 4.69) is 10.3 Å². The minimum Gasteiger partial charge on any atom is -0.301 e. The molecule has 1 aliphatic rings. The van der Waals surface area contributed by atoms with Crippen molar-refractivity contribution in [3.8, 4) is 0 Å². The SMILES string of the molecule is O=C(Nc1nc2ccc(Cl)cc2s1)[C@@H]1CCCN1S(=O)(=O)c1ccc(Cl)s1. The molecule has 3 aromatic rings. The maximum absolute atomic E-state index is 12.9. The molecule has 1 N–H and O–H groups in total. The average Bonchev–Trinajstić information content (AvgIpc) is 3.32. The van der Waals surface area contributed by atoms with Gasteiger partial charge in [0, 0.05) is 11.6 Å². The summed E-state index contributed by atoms with van der Waals surface area (Å²) in [5.41, 5.74) is 0.726. The van der Waals surface area contributed by atoms with Crippen LogP contribution in [0.3, 0.4) is 0 Å². The van der Waals surface area contributed by atoms with Crippen LogP contribution in [0.5, 0.6) is 0 Å². The zero-order valence-electron chi connectivity index (χ0n) is 13.7. The van der Waals surface area contributed by atoms with E-state index in [0.29, 0.717) is 33.9 Å². The first-order valence-electron chi connectivity index (χ1n) is 7.99. The van der Waals surface area contributed by atoms with E-state index in [1.165, 1.54) is 27.8 Å².